The molecule has 18 heavy (non-hydrogen) atoms. The number of ether oxygens (including phenoxy) is 2. The summed E-state index contributed by atoms with van der Waals surface area (Å²) in [6.45, 7) is 1.89. The van der Waals surface area contributed by atoms with Crippen LogP contribution in [0.15, 0.2) is 18.2 Å². The predicted molar refractivity (Wildman–Crippen MR) is 73.6 cm³/mol. The van der Waals surface area contributed by atoms with Crippen LogP contribution >= 0.6 is 11.6 Å². The van der Waals surface area contributed by atoms with Crippen LogP contribution in [0, 0.1) is 5.92 Å². The maximum atomic E-state index is 5.95. The highest BCUT2D eigenvalue weighted by molar-refractivity contribution is 6.21. The minimum Gasteiger partial charge on any atom is -0.493 e. The van der Waals surface area contributed by atoms with Crippen molar-refractivity contribution in [2.24, 2.45) is 5.92 Å². The molecule has 1 saturated carbocycles. The van der Waals surface area contributed by atoms with Crippen molar-refractivity contribution in [1.29, 1.82) is 0 Å². The molecule has 0 saturated heterocycles. The van der Waals surface area contributed by atoms with E-state index in [1.165, 1.54) is 5.56 Å². The second-order valence-electron chi connectivity index (χ2n) is 4.75. The van der Waals surface area contributed by atoms with Crippen LogP contribution in [0.5, 0.6) is 11.5 Å². The van der Waals surface area contributed by atoms with Gasteiger partial charge in [0.2, 0.25) is 0 Å². The summed E-state index contributed by atoms with van der Waals surface area (Å²) in [5.41, 5.74) is 1.20. The third-order valence-electron chi connectivity index (χ3n) is 3.39. The van der Waals surface area contributed by atoms with Crippen molar-refractivity contribution in [3.63, 3.8) is 0 Å². The Bertz CT molecular complexity index is 391. The van der Waals surface area contributed by atoms with Gasteiger partial charge in [0.15, 0.2) is 11.5 Å². The Morgan fingerprint density at radius 3 is 2.56 bits per heavy atom. The molecular formula is C14H20ClNO2. The van der Waals surface area contributed by atoms with E-state index in [4.69, 9.17) is 21.1 Å². The molecule has 0 unspecified atom stereocenters. The van der Waals surface area contributed by atoms with E-state index in [0.717, 1.165) is 43.3 Å². The maximum absolute atomic E-state index is 5.95. The number of hydrogen-bond donors (Lipinski definition) is 1. The number of nitrogens with one attached hydrogen (secondary N) is 1. The van der Waals surface area contributed by atoms with Crippen LogP contribution in [0.1, 0.15) is 18.4 Å². The Hall–Kier alpha value is -0.930. The van der Waals surface area contributed by atoms with Gasteiger partial charge in [0.1, 0.15) is 0 Å². The average Bonchev–Trinajstić information content (AvgIpc) is 2.36. The van der Waals surface area contributed by atoms with Gasteiger partial charge in [0, 0.05) is 11.9 Å². The van der Waals surface area contributed by atoms with Gasteiger partial charge in [0.05, 0.1) is 14.2 Å². The van der Waals surface area contributed by atoms with E-state index in [1.54, 1.807) is 14.2 Å². The van der Waals surface area contributed by atoms with E-state index >= 15 is 0 Å². The van der Waals surface area contributed by atoms with Crippen LogP contribution in [-0.4, -0.2) is 26.1 Å². The van der Waals surface area contributed by atoms with Crippen LogP contribution in [0.2, 0.25) is 0 Å². The molecule has 0 aromatic heterocycles. The van der Waals surface area contributed by atoms with Gasteiger partial charge >= 0.3 is 0 Å². The molecule has 0 atom stereocenters. The Balaban J connectivity index is 1.81. The molecule has 1 aromatic carbocycles. The molecule has 0 heterocycles. The molecule has 2 rings (SSSR count). The fourth-order valence-electron chi connectivity index (χ4n) is 2.23. The Labute approximate surface area is 113 Å². The number of alkyl halides is 1. The summed E-state index contributed by atoms with van der Waals surface area (Å²) < 4.78 is 10.5. The molecular weight excluding hydrogens is 250 g/mol. The van der Waals surface area contributed by atoms with Gasteiger partial charge in [-0.1, -0.05) is 6.07 Å². The minimum atomic E-state index is 0.401. The summed E-state index contributed by atoms with van der Waals surface area (Å²) in [5.74, 6) is 2.29. The van der Waals surface area contributed by atoms with E-state index in [0.29, 0.717) is 5.38 Å². The molecule has 4 heteroatoms. The maximum Gasteiger partial charge on any atom is 0.161 e. The average molecular weight is 270 g/mol. The zero-order valence-electron chi connectivity index (χ0n) is 10.9. The highest BCUT2D eigenvalue weighted by atomic mass is 35.5. The lowest BCUT2D eigenvalue weighted by atomic mass is 9.85. The molecule has 1 fully saturated rings. The van der Waals surface area contributed by atoms with E-state index in [9.17, 15) is 0 Å². The van der Waals surface area contributed by atoms with Crippen molar-refractivity contribution in [2.45, 2.75) is 24.8 Å². The van der Waals surface area contributed by atoms with Crippen molar-refractivity contribution in [3.8, 4) is 11.5 Å². The molecule has 1 aliphatic carbocycles. The quantitative estimate of drug-likeness (QED) is 0.806. The van der Waals surface area contributed by atoms with E-state index in [1.807, 2.05) is 12.1 Å². The van der Waals surface area contributed by atoms with Gasteiger partial charge in [-0.3, -0.25) is 0 Å². The highest BCUT2D eigenvalue weighted by Crippen LogP contribution is 2.31. The summed E-state index contributed by atoms with van der Waals surface area (Å²) in [4.78, 5) is 0. The van der Waals surface area contributed by atoms with E-state index in [2.05, 4.69) is 11.4 Å². The van der Waals surface area contributed by atoms with Gasteiger partial charge in [-0.05, 0) is 43.0 Å². The van der Waals surface area contributed by atoms with Crippen molar-refractivity contribution in [3.05, 3.63) is 23.8 Å². The third kappa shape index (κ3) is 3.30. The molecule has 1 N–H and O–H groups in total. The van der Waals surface area contributed by atoms with E-state index < -0.39 is 0 Å². The minimum absolute atomic E-state index is 0.401. The first-order chi connectivity index (χ1) is 8.72. The summed E-state index contributed by atoms with van der Waals surface area (Å²) in [5, 5.41) is 3.86. The van der Waals surface area contributed by atoms with Crippen molar-refractivity contribution in [2.75, 3.05) is 20.8 Å². The molecule has 0 spiro atoms. The van der Waals surface area contributed by atoms with Gasteiger partial charge in [-0.2, -0.15) is 0 Å². The number of methoxy groups -OCH3 is 2. The van der Waals surface area contributed by atoms with Gasteiger partial charge in [0.25, 0.3) is 0 Å². The van der Waals surface area contributed by atoms with Crippen molar-refractivity contribution >= 4 is 11.6 Å². The second-order valence-corrected chi connectivity index (χ2v) is 5.37. The molecule has 0 amide bonds. The first kappa shape index (κ1) is 13.5. The molecule has 1 aromatic rings. The number of hydrogen-bond acceptors (Lipinski definition) is 3. The second kappa shape index (κ2) is 6.30. The molecule has 0 radical (unpaired) electrons. The summed E-state index contributed by atoms with van der Waals surface area (Å²) in [6, 6.07) is 6.00. The normalized spacial score (nSPS) is 22.4. The van der Waals surface area contributed by atoms with Crippen LogP contribution in [0.4, 0.5) is 0 Å². The lowest BCUT2D eigenvalue weighted by Crippen LogP contribution is -2.33. The van der Waals surface area contributed by atoms with Crippen molar-refractivity contribution in [1.82, 2.24) is 5.32 Å². The zero-order valence-corrected chi connectivity index (χ0v) is 11.7. The molecule has 100 valence electrons. The standard InChI is InChI=1S/C14H20ClNO2/c1-17-13-4-3-10(7-14(13)18-2)8-16-9-11-5-12(15)6-11/h3-4,7,11-12,16H,5-6,8-9H2,1-2H3. The first-order valence-corrected chi connectivity index (χ1v) is 6.72. The summed E-state index contributed by atoms with van der Waals surface area (Å²) in [7, 11) is 3.30. The van der Waals surface area contributed by atoms with Crippen LogP contribution in [-0.2, 0) is 6.54 Å². The highest BCUT2D eigenvalue weighted by Gasteiger charge is 2.26. The zero-order chi connectivity index (χ0) is 13.0. The SMILES string of the molecule is COc1ccc(CNCC2CC(Cl)C2)cc1OC. The van der Waals surface area contributed by atoms with Gasteiger partial charge in [-0.25, -0.2) is 0 Å². The topological polar surface area (TPSA) is 30.5 Å². The number of rotatable bonds is 6. The Kier molecular flexibility index (Phi) is 4.72. The van der Waals surface area contributed by atoms with Crippen molar-refractivity contribution < 1.29 is 9.47 Å². The Morgan fingerprint density at radius 1 is 1.22 bits per heavy atom. The van der Waals surface area contributed by atoms with Crippen LogP contribution in [0.25, 0.3) is 0 Å². The largest absolute Gasteiger partial charge is 0.493 e. The molecule has 1 aliphatic rings. The van der Waals surface area contributed by atoms with E-state index in [-0.39, 0.29) is 0 Å². The van der Waals surface area contributed by atoms with Crippen LogP contribution < -0.4 is 14.8 Å². The number of benzene rings is 1. The lowest BCUT2D eigenvalue weighted by molar-refractivity contribution is 0.308. The Morgan fingerprint density at radius 2 is 1.94 bits per heavy atom. The third-order valence-corrected chi connectivity index (χ3v) is 3.74. The van der Waals surface area contributed by atoms with Crippen LogP contribution in [0.3, 0.4) is 0 Å². The smallest absolute Gasteiger partial charge is 0.161 e. The fourth-order valence-corrected chi connectivity index (χ4v) is 2.74. The summed E-state index contributed by atoms with van der Waals surface area (Å²) in [6.07, 6.45) is 2.28. The number of halogens is 1. The predicted octanol–water partition coefficient (Wildman–Crippen LogP) is 2.81. The fraction of sp³-hybridized carbons (Fsp3) is 0.571. The molecule has 3 nitrogen and oxygen atoms in total. The van der Waals surface area contributed by atoms with Gasteiger partial charge in [-0.15, -0.1) is 11.6 Å². The molecule has 0 aliphatic heterocycles. The molecule has 0 bridgehead atoms. The summed E-state index contributed by atoms with van der Waals surface area (Å²) >= 11 is 5.95. The first-order valence-electron chi connectivity index (χ1n) is 6.28. The van der Waals surface area contributed by atoms with Gasteiger partial charge < -0.3 is 14.8 Å². The lowest BCUT2D eigenvalue weighted by Gasteiger charge is -2.31. The monoisotopic (exact) mass is 269 g/mol.